The van der Waals surface area contributed by atoms with Crippen LogP contribution < -0.4 is 5.32 Å². The Hall–Kier alpha value is -2.55. The highest BCUT2D eigenvalue weighted by Crippen LogP contribution is 2.20. The van der Waals surface area contributed by atoms with Crippen LogP contribution in [0.1, 0.15) is 50.6 Å². The van der Waals surface area contributed by atoms with E-state index < -0.39 is 11.6 Å². The maximum atomic E-state index is 12.8. The standard InChI is InChI=1S/C22H34N4O5/c1-22(2,3)31-21(29)25-14-12-24(13-15-25)11-9-23-19(27)17-7-4-5-10-26(17)20(28)18-8-6-16-30-18/h6,8,16-17H,4-5,7,9-15H2,1-3H3,(H,23,27). The van der Waals surface area contributed by atoms with Gasteiger partial charge in [-0.05, 0) is 52.2 Å². The molecule has 0 radical (unpaired) electrons. The van der Waals surface area contributed by atoms with Crippen molar-refractivity contribution in [2.75, 3.05) is 45.8 Å². The van der Waals surface area contributed by atoms with E-state index >= 15 is 0 Å². The van der Waals surface area contributed by atoms with Crippen LogP contribution in [0.25, 0.3) is 0 Å². The Kier molecular flexibility index (Phi) is 7.59. The molecule has 2 saturated heterocycles. The Morgan fingerprint density at radius 2 is 1.87 bits per heavy atom. The fourth-order valence-corrected chi connectivity index (χ4v) is 3.92. The highest BCUT2D eigenvalue weighted by Gasteiger charge is 2.33. The van der Waals surface area contributed by atoms with E-state index in [4.69, 9.17) is 9.15 Å². The number of nitrogens with zero attached hydrogens (tertiary/aromatic N) is 3. The van der Waals surface area contributed by atoms with E-state index in [9.17, 15) is 14.4 Å². The Bertz CT molecular complexity index is 750. The van der Waals surface area contributed by atoms with Crippen molar-refractivity contribution in [2.24, 2.45) is 0 Å². The van der Waals surface area contributed by atoms with Crippen LogP contribution in [0.4, 0.5) is 4.79 Å². The first-order chi connectivity index (χ1) is 14.7. The fourth-order valence-electron chi connectivity index (χ4n) is 3.92. The second-order valence-corrected chi connectivity index (χ2v) is 9.09. The molecule has 1 aromatic heterocycles. The van der Waals surface area contributed by atoms with E-state index in [-0.39, 0.29) is 23.7 Å². The van der Waals surface area contributed by atoms with Crippen molar-refractivity contribution in [1.29, 1.82) is 0 Å². The van der Waals surface area contributed by atoms with E-state index in [1.165, 1.54) is 6.26 Å². The summed E-state index contributed by atoms with van der Waals surface area (Å²) in [5, 5.41) is 2.98. The molecule has 1 N–H and O–H groups in total. The van der Waals surface area contributed by atoms with Gasteiger partial charge in [0.15, 0.2) is 5.76 Å². The first-order valence-corrected chi connectivity index (χ1v) is 11.1. The summed E-state index contributed by atoms with van der Waals surface area (Å²) in [6.45, 7) is 10.0. The number of hydrogen-bond donors (Lipinski definition) is 1. The maximum Gasteiger partial charge on any atom is 0.410 e. The lowest BCUT2D eigenvalue weighted by Crippen LogP contribution is -2.54. The second kappa shape index (κ2) is 10.2. The van der Waals surface area contributed by atoms with Gasteiger partial charge in [0.2, 0.25) is 5.91 Å². The average molecular weight is 435 g/mol. The molecule has 9 heteroatoms. The van der Waals surface area contributed by atoms with E-state index in [1.54, 1.807) is 21.9 Å². The number of piperazine rings is 1. The topological polar surface area (TPSA) is 95.3 Å². The van der Waals surface area contributed by atoms with Crippen LogP contribution in [-0.2, 0) is 9.53 Å². The molecule has 3 amide bonds. The zero-order valence-electron chi connectivity index (χ0n) is 18.8. The molecule has 31 heavy (non-hydrogen) atoms. The molecule has 0 bridgehead atoms. The normalized spacial score (nSPS) is 20.4. The van der Waals surface area contributed by atoms with Crippen molar-refractivity contribution in [3.63, 3.8) is 0 Å². The molecule has 3 rings (SSSR count). The van der Waals surface area contributed by atoms with Crippen molar-refractivity contribution >= 4 is 17.9 Å². The third-order valence-corrected chi connectivity index (χ3v) is 5.55. The smallest absolute Gasteiger partial charge is 0.410 e. The molecule has 0 aliphatic carbocycles. The van der Waals surface area contributed by atoms with Crippen molar-refractivity contribution in [3.8, 4) is 0 Å². The molecule has 9 nitrogen and oxygen atoms in total. The summed E-state index contributed by atoms with van der Waals surface area (Å²) in [5.74, 6) is -0.0855. The van der Waals surface area contributed by atoms with Crippen LogP contribution in [0.2, 0.25) is 0 Å². The quantitative estimate of drug-likeness (QED) is 0.761. The van der Waals surface area contributed by atoms with Crippen LogP contribution in [0.3, 0.4) is 0 Å². The van der Waals surface area contributed by atoms with Gasteiger partial charge in [-0.1, -0.05) is 0 Å². The lowest BCUT2D eigenvalue weighted by molar-refractivity contribution is -0.126. The summed E-state index contributed by atoms with van der Waals surface area (Å²) in [5.41, 5.74) is -0.496. The Balaban J connectivity index is 1.41. The first-order valence-electron chi connectivity index (χ1n) is 11.1. The fraction of sp³-hybridized carbons (Fsp3) is 0.682. The van der Waals surface area contributed by atoms with Crippen LogP contribution in [0.15, 0.2) is 22.8 Å². The van der Waals surface area contributed by atoms with Crippen molar-refractivity contribution < 1.29 is 23.5 Å². The molecule has 3 heterocycles. The SMILES string of the molecule is CC(C)(C)OC(=O)N1CCN(CCNC(=O)C2CCCCN2C(=O)c2ccco2)CC1. The highest BCUT2D eigenvalue weighted by atomic mass is 16.6. The molecular weight excluding hydrogens is 400 g/mol. The van der Waals surface area contributed by atoms with Gasteiger partial charge < -0.3 is 24.3 Å². The number of likely N-dealkylation sites (tertiary alicyclic amines) is 1. The number of rotatable bonds is 5. The summed E-state index contributed by atoms with van der Waals surface area (Å²) in [4.78, 5) is 43.2. The zero-order valence-corrected chi connectivity index (χ0v) is 18.8. The third-order valence-electron chi connectivity index (χ3n) is 5.55. The molecule has 2 aliphatic heterocycles. The number of carbonyl (C=O) groups excluding carboxylic acids is 3. The maximum absolute atomic E-state index is 12.8. The third kappa shape index (κ3) is 6.46. The minimum Gasteiger partial charge on any atom is -0.459 e. The van der Waals surface area contributed by atoms with Gasteiger partial charge in [-0.3, -0.25) is 14.5 Å². The zero-order chi connectivity index (χ0) is 22.4. The highest BCUT2D eigenvalue weighted by molar-refractivity contribution is 5.95. The molecule has 0 aromatic carbocycles. The van der Waals surface area contributed by atoms with Gasteiger partial charge in [-0.15, -0.1) is 0 Å². The van der Waals surface area contributed by atoms with Crippen LogP contribution in [0, 0.1) is 0 Å². The summed E-state index contributed by atoms with van der Waals surface area (Å²) in [6.07, 6.45) is 3.66. The molecule has 0 saturated carbocycles. The van der Waals surface area contributed by atoms with Gasteiger partial charge in [0.25, 0.3) is 5.91 Å². The number of piperidine rings is 1. The van der Waals surface area contributed by atoms with Gasteiger partial charge in [0.05, 0.1) is 6.26 Å². The van der Waals surface area contributed by atoms with E-state index in [0.717, 1.165) is 25.9 Å². The van der Waals surface area contributed by atoms with E-state index in [2.05, 4.69) is 10.2 Å². The number of amides is 3. The summed E-state index contributed by atoms with van der Waals surface area (Å²) in [7, 11) is 0. The number of nitrogens with one attached hydrogen (secondary N) is 1. The predicted octanol–water partition coefficient (Wildman–Crippen LogP) is 1.94. The van der Waals surface area contributed by atoms with Gasteiger partial charge in [-0.2, -0.15) is 0 Å². The van der Waals surface area contributed by atoms with Crippen LogP contribution in [-0.4, -0.2) is 90.1 Å². The Labute approximate surface area is 183 Å². The lowest BCUT2D eigenvalue weighted by atomic mass is 10.0. The van der Waals surface area contributed by atoms with Gasteiger partial charge in [0, 0.05) is 45.8 Å². The van der Waals surface area contributed by atoms with Crippen LogP contribution in [0.5, 0.6) is 0 Å². The number of ether oxygens (including phenoxy) is 1. The molecule has 1 aromatic rings. The van der Waals surface area contributed by atoms with E-state index in [1.807, 2.05) is 20.8 Å². The van der Waals surface area contributed by atoms with Crippen molar-refractivity contribution in [2.45, 2.75) is 51.7 Å². The number of carbonyl (C=O) groups is 3. The largest absolute Gasteiger partial charge is 0.459 e. The molecule has 2 fully saturated rings. The van der Waals surface area contributed by atoms with Gasteiger partial charge >= 0.3 is 6.09 Å². The Morgan fingerprint density at radius 3 is 2.52 bits per heavy atom. The molecule has 0 spiro atoms. The van der Waals surface area contributed by atoms with E-state index in [0.29, 0.717) is 39.1 Å². The lowest BCUT2D eigenvalue weighted by Gasteiger charge is -2.36. The summed E-state index contributed by atoms with van der Waals surface area (Å²) >= 11 is 0. The molecule has 2 aliphatic rings. The van der Waals surface area contributed by atoms with Crippen LogP contribution >= 0.6 is 0 Å². The average Bonchev–Trinajstić information content (AvgIpc) is 3.27. The molecule has 172 valence electrons. The van der Waals surface area contributed by atoms with Crippen molar-refractivity contribution in [3.05, 3.63) is 24.2 Å². The summed E-state index contributed by atoms with van der Waals surface area (Å²) < 4.78 is 10.6. The monoisotopic (exact) mass is 434 g/mol. The minimum absolute atomic E-state index is 0.119. The summed E-state index contributed by atoms with van der Waals surface area (Å²) in [6, 6.07) is 2.84. The predicted molar refractivity (Wildman–Crippen MR) is 115 cm³/mol. The molecular formula is C22H34N4O5. The molecule has 1 atom stereocenters. The Morgan fingerprint density at radius 1 is 1.13 bits per heavy atom. The minimum atomic E-state index is -0.496. The van der Waals surface area contributed by atoms with Crippen molar-refractivity contribution in [1.82, 2.24) is 20.0 Å². The second-order valence-electron chi connectivity index (χ2n) is 9.09. The number of hydrogen-bond acceptors (Lipinski definition) is 6. The first kappa shape index (κ1) is 23.1. The molecule has 1 unspecified atom stereocenters. The van der Waals surface area contributed by atoms with Gasteiger partial charge in [0.1, 0.15) is 11.6 Å². The van der Waals surface area contributed by atoms with Gasteiger partial charge in [-0.25, -0.2) is 4.79 Å². The number of furan rings is 1.